The van der Waals surface area contributed by atoms with Gasteiger partial charge in [-0.15, -0.1) is 0 Å². The van der Waals surface area contributed by atoms with E-state index in [2.05, 4.69) is 50.0 Å². The number of hydrogen-bond acceptors (Lipinski definition) is 25. The quantitative estimate of drug-likeness (QED) is 0.0193. The lowest BCUT2D eigenvalue weighted by molar-refractivity contribution is 0.279. The molecule has 0 saturated heterocycles. The Hall–Kier alpha value is -6.88. The van der Waals surface area contributed by atoms with Crippen molar-refractivity contribution in [1.29, 1.82) is 0 Å². The molecule has 0 aliphatic heterocycles. The molecule has 0 aliphatic rings. The molecule has 0 spiro atoms. The predicted octanol–water partition coefficient (Wildman–Crippen LogP) is 2.08. The molecule has 4 aromatic carbocycles. The molecule has 2 aromatic heterocycles. The van der Waals surface area contributed by atoms with Crippen LogP contribution in [0.3, 0.4) is 0 Å². The van der Waals surface area contributed by atoms with E-state index in [9.17, 15) is 63.2 Å². The number of aliphatic hydroxyl groups is 4. The number of nitrogens with one attached hydrogen (secondary N) is 3. The number of hydrogen-bond donors (Lipinski definition) is 9. The molecule has 27 nitrogen and oxygen atoms in total. The SMILES string of the molecule is COS(=O)(=O)c1ccc(Nc2nc(Cc3ccc(/C=C/c4ccc(Nc5nc(Nc6ccc(CS(=O)(=O)O)cc6)nc(N(CCO)CCO)n5)cc4S(=O)(=O)OC)c(CS(=O)(=O)O)c3)nc(N(CCO)CCO)n2)cc1. The number of rotatable bonds is 28. The topological polar surface area (TPSA) is 396 Å². The standard InChI is InChI=1S/C45H53N11O16S4/c1-71-75(67,68)38-15-13-36(14-16-38)46-41-49-40(50-44(52-41)55(17-21-57)18-22-58)26-31-3-6-32(34(25-31)29-74(64,65)66)7-8-33-9-12-37(27-39(33)76(69,70)72-2)48-43-51-42(53-45(54-43)56(19-23-59)20-24-60)47-35-10-4-30(5-11-35)28-73(61,62)63/h3-16,25,27,57-60H,17-24,26,28-29H2,1-2H3,(H,61,62,63)(H,64,65,66)(H,46,49,50,52)(H2,47,48,51,53,54)/b8-7+. The van der Waals surface area contributed by atoms with E-state index in [1.807, 2.05) is 0 Å². The molecule has 6 rings (SSSR count). The third-order valence-corrected chi connectivity index (χ3v) is 14.6. The Morgan fingerprint density at radius 3 is 1.46 bits per heavy atom. The summed E-state index contributed by atoms with van der Waals surface area (Å²) in [7, 11) is -15.4. The normalized spacial score (nSPS) is 12.2. The number of aliphatic hydroxyl groups excluding tert-OH is 4. The van der Waals surface area contributed by atoms with Crippen molar-refractivity contribution < 1.29 is 71.6 Å². The van der Waals surface area contributed by atoms with Gasteiger partial charge in [0, 0.05) is 49.7 Å². The molecular formula is C45H53N11O16S4. The van der Waals surface area contributed by atoms with Crippen LogP contribution in [0, 0.1) is 0 Å². The van der Waals surface area contributed by atoms with Gasteiger partial charge in [-0.1, -0.05) is 48.6 Å². The molecule has 6 aromatic rings. The number of nitrogens with zero attached hydrogens (tertiary/aromatic N) is 8. The van der Waals surface area contributed by atoms with Crippen LogP contribution < -0.4 is 25.8 Å². The summed E-state index contributed by atoms with van der Waals surface area (Å²) in [6, 6.07) is 20.2. The van der Waals surface area contributed by atoms with Crippen molar-refractivity contribution in [2.75, 3.05) is 92.6 Å². The zero-order valence-corrected chi connectivity index (χ0v) is 43.8. The first-order chi connectivity index (χ1) is 36.0. The van der Waals surface area contributed by atoms with Crippen LogP contribution in [-0.2, 0) is 66.8 Å². The van der Waals surface area contributed by atoms with Gasteiger partial charge in [0.1, 0.15) is 22.2 Å². The molecule has 0 atom stereocenters. The molecule has 31 heteroatoms. The van der Waals surface area contributed by atoms with Crippen LogP contribution >= 0.6 is 0 Å². The third-order valence-electron chi connectivity index (χ3n) is 10.6. The van der Waals surface area contributed by atoms with Gasteiger partial charge < -0.3 is 46.2 Å². The number of aromatic nitrogens is 6. The molecular weight excluding hydrogens is 1080 g/mol. The molecule has 0 amide bonds. The maximum absolute atomic E-state index is 13.5. The van der Waals surface area contributed by atoms with Gasteiger partial charge in [0.25, 0.3) is 40.5 Å². The van der Waals surface area contributed by atoms with Gasteiger partial charge >= 0.3 is 0 Å². The number of anilines is 8. The van der Waals surface area contributed by atoms with E-state index in [-0.39, 0.29) is 127 Å². The second kappa shape index (κ2) is 25.8. The summed E-state index contributed by atoms with van der Waals surface area (Å²) in [5, 5.41) is 47.8. The Bertz CT molecular complexity index is 3460. The highest BCUT2D eigenvalue weighted by atomic mass is 32.2. The Balaban J connectivity index is 1.33. The Morgan fingerprint density at radius 1 is 0.500 bits per heavy atom. The summed E-state index contributed by atoms with van der Waals surface area (Å²) in [5.41, 5.74) is 2.05. The average Bonchev–Trinajstić information content (AvgIpc) is 3.36. The summed E-state index contributed by atoms with van der Waals surface area (Å²) in [4.78, 5) is 29.2. The first kappa shape index (κ1) is 58.4. The lowest BCUT2D eigenvalue weighted by Crippen LogP contribution is -2.32. The molecule has 0 unspecified atom stereocenters. The highest BCUT2D eigenvalue weighted by molar-refractivity contribution is 7.87. The van der Waals surface area contributed by atoms with Crippen molar-refractivity contribution in [2.45, 2.75) is 27.7 Å². The fourth-order valence-corrected chi connectivity index (χ4v) is 9.96. The zero-order chi connectivity index (χ0) is 55.3. The van der Waals surface area contributed by atoms with E-state index < -0.39 is 52.0 Å². The van der Waals surface area contributed by atoms with Crippen molar-refractivity contribution >= 4 is 99.4 Å². The third kappa shape index (κ3) is 16.8. The second-order valence-electron chi connectivity index (χ2n) is 16.1. The summed E-state index contributed by atoms with van der Waals surface area (Å²) >= 11 is 0. The van der Waals surface area contributed by atoms with E-state index in [1.54, 1.807) is 6.07 Å². The fraction of sp³-hybridized carbons (Fsp3) is 0.289. The summed E-state index contributed by atoms with van der Waals surface area (Å²) in [6.07, 6.45) is 2.76. The maximum Gasteiger partial charge on any atom is 0.297 e. The Kier molecular flexibility index (Phi) is 19.8. The van der Waals surface area contributed by atoms with E-state index in [0.717, 1.165) is 14.2 Å². The Morgan fingerprint density at radius 2 is 0.947 bits per heavy atom. The van der Waals surface area contributed by atoms with Gasteiger partial charge in [0.2, 0.25) is 29.7 Å². The van der Waals surface area contributed by atoms with Gasteiger partial charge in [0.05, 0.1) is 45.5 Å². The highest BCUT2D eigenvalue weighted by Gasteiger charge is 2.22. The largest absolute Gasteiger partial charge is 0.395 e. The van der Waals surface area contributed by atoms with E-state index in [0.29, 0.717) is 22.5 Å². The van der Waals surface area contributed by atoms with Crippen molar-refractivity contribution in [1.82, 2.24) is 29.9 Å². The van der Waals surface area contributed by atoms with Crippen LogP contribution in [-0.4, -0.2) is 160 Å². The lowest BCUT2D eigenvalue weighted by Gasteiger charge is -2.21. The van der Waals surface area contributed by atoms with Crippen LogP contribution in [0.2, 0.25) is 0 Å². The monoisotopic (exact) mass is 1130 g/mol. The van der Waals surface area contributed by atoms with E-state index in [4.69, 9.17) is 4.18 Å². The first-order valence-electron chi connectivity index (χ1n) is 22.4. The molecule has 2 heterocycles. The second-order valence-corrected chi connectivity index (χ2v) is 22.4. The summed E-state index contributed by atoms with van der Waals surface area (Å²) in [6.45, 7) is -1.27. The van der Waals surface area contributed by atoms with Crippen molar-refractivity contribution in [3.8, 4) is 0 Å². The van der Waals surface area contributed by atoms with E-state index in [1.165, 1.54) is 101 Å². The molecule has 0 aliphatic carbocycles. The predicted molar refractivity (Wildman–Crippen MR) is 279 cm³/mol. The number of benzene rings is 4. The molecule has 408 valence electrons. The van der Waals surface area contributed by atoms with Crippen LogP contribution in [0.15, 0.2) is 94.7 Å². The minimum Gasteiger partial charge on any atom is -0.395 e. The molecule has 0 radical (unpaired) electrons. The van der Waals surface area contributed by atoms with Gasteiger partial charge in [-0.3, -0.25) is 17.5 Å². The van der Waals surface area contributed by atoms with Gasteiger partial charge in [-0.25, -0.2) is 0 Å². The zero-order valence-electron chi connectivity index (χ0n) is 40.5. The van der Waals surface area contributed by atoms with Gasteiger partial charge in [-0.05, 0) is 76.3 Å². The highest BCUT2D eigenvalue weighted by Crippen LogP contribution is 2.29. The molecule has 0 fully saturated rings. The Labute approximate surface area is 437 Å². The minimum atomic E-state index is -4.66. The van der Waals surface area contributed by atoms with Crippen molar-refractivity contribution in [2.24, 2.45) is 0 Å². The summed E-state index contributed by atoms with van der Waals surface area (Å²) in [5.74, 6) is -1.49. The van der Waals surface area contributed by atoms with Crippen molar-refractivity contribution in [3.63, 3.8) is 0 Å². The van der Waals surface area contributed by atoms with Crippen LogP contribution in [0.4, 0.5) is 46.8 Å². The van der Waals surface area contributed by atoms with Crippen LogP contribution in [0.1, 0.15) is 33.6 Å². The van der Waals surface area contributed by atoms with Gasteiger partial charge in [-0.2, -0.15) is 63.6 Å². The van der Waals surface area contributed by atoms with E-state index >= 15 is 0 Å². The maximum atomic E-state index is 13.5. The first-order valence-corrected chi connectivity index (χ1v) is 28.5. The molecule has 9 N–H and O–H groups in total. The van der Waals surface area contributed by atoms with Crippen LogP contribution in [0.5, 0.6) is 0 Å². The molecule has 0 saturated carbocycles. The molecule has 0 bridgehead atoms. The fourth-order valence-electron chi connectivity index (χ4n) is 7.16. The van der Waals surface area contributed by atoms with Crippen molar-refractivity contribution in [3.05, 3.63) is 119 Å². The smallest absolute Gasteiger partial charge is 0.297 e. The minimum absolute atomic E-state index is 0.00135. The van der Waals surface area contributed by atoms with Crippen LogP contribution in [0.25, 0.3) is 12.2 Å². The molecule has 76 heavy (non-hydrogen) atoms. The average molecular weight is 1130 g/mol. The summed E-state index contributed by atoms with van der Waals surface area (Å²) < 4.78 is 127. The lowest BCUT2D eigenvalue weighted by atomic mass is 10.0. The van der Waals surface area contributed by atoms with Gasteiger partial charge in [0.15, 0.2) is 0 Å².